The van der Waals surface area contributed by atoms with E-state index in [0.29, 0.717) is 29.0 Å². The minimum atomic E-state index is 0.428. The summed E-state index contributed by atoms with van der Waals surface area (Å²) in [6.07, 6.45) is 4.90. The smallest absolute Gasteiger partial charge is 0.211 e. The van der Waals surface area contributed by atoms with Crippen molar-refractivity contribution in [2.75, 3.05) is 0 Å². The highest BCUT2D eigenvalue weighted by atomic mass is 16.1. The number of hydrogen-bond donors (Lipinski definition) is 0. The third-order valence-corrected chi connectivity index (χ3v) is 2.91. The highest BCUT2D eigenvalue weighted by Crippen LogP contribution is 2.27. The van der Waals surface area contributed by atoms with Crippen molar-refractivity contribution < 1.29 is 14.4 Å². The van der Waals surface area contributed by atoms with Crippen LogP contribution in [-0.4, -0.2) is 18.2 Å². The molecule has 0 aliphatic carbocycles. The molecule has 0 atom stereocenters. The summed E-state index contributed by atoms with van der Waals surface area (Å²) in [4.78, 5) is 41.7. The molecule has 0 bridgehead atoms. The van der Waals surface area contributed by atoms with Crippen LogP contribution in [0, 0.1) is 0 Å². The molecular weight excluding hydrogens is 282 g/mol. The van der Waals surface area contributed by atoms with Gasteiger partial charge in [-0.3, -0.25) is 0 Å². The van der Waals surface area contributed by atoms with Crippen LogP contribution in [0.1, 0.15) is 11.1 Å². The Hall–Kier alpha value is -3.42. The largest absolute Gasteiger partial charge is 0.240 e. The monoisotopic (exact) mass is 291 g/mol. The van der Waals surface area contributed by atoms with Crippen molar-refractivity contribution in [2.45, 2.75) is 6.42 Å². The second kappa shape index (κ2) is 7.39. The number of aliphatic imine (C=N–C) groups is 3. The van der Waals surface area contributed by atoms with Gasteiger partial charge in [0.25, 0.3) is 0 Å². The summed E-state index contributed by atoms with van der Waals surface area (Å²) in [5.74, 6) is 0. The molecule has 0 saturated carbocycles. The van der Waals surface area contributed by atoms with E-state index in [9.17, 15) is 14.4 Å². The minimum absolute atomic E-state index is 0.428. The van der Waals surface area contributed by atoms with E-state index in [0.717, 1.165) is 5.56 Å². The maximum absolute atomic E-state index is 10.5. The number of rotatable bonds is 5. The van der Waals surface area contributed by atoms with Crippen molar-refractivity contribution >= 4 is 35.3 Å². The predicted molar refractivity (Wildman–Crippen MR) is 79.0 cm³/mol. The van der Waals surface area contributed by atoms with Crippen molar-refractivity contribution in [3.05, 3.63) is 53.6 Å². The van der Waals surface area contributed by atoms with Crippen LogP contribution in [0.2, 0.25) is 0 Å². The van der Waals surface area contributed by atoms with Crippen molar-refractivity contribution in [2.24, 2.45) is 15.0 Å². The lowest BCUT2D eigenvalue weighted by Crippen LogP contribution is -1.88. The number of isocyanates is 3. The van der Waals surface area contributed by atoms with Gasteiger partial charge < -0.3 is 0 Å². The van der Waals surface area contributed by atoms with Gasteiger partial charge in [0.2, 0.25) is 18.2 Å². The summed E-state index contributed by atoms with van der Waals surface area (Å²) >= 11 is 0. The van der Waals surface area contributed by atoms with Crippen molar-refractivity contribution in [1.29, 1.82) is 0 Å². The quantitative estimate of drug-likeness (QED) is 0.626. The molecule has 0 aliphatic heterocycles. The van der Waals surface area contributed by atoms with Crippen LogP contribution in [0.15, 0.2) is 57.4 Å². The summed E-state index contributed by atoms with van der Waals surface area (Å²) < 4.78 is 0. The Bertz CT molecular complexity index is 824. The molecule has 0 heterocycles. The first kappa shape index (κ1) is 15.0. The molecule has 0 aliphatic rings. The van der Waals surface area contributed by atoms with Gasteiger partial charge in [-0.05, 0) is 47.9 Å². The second-order valence-electron chi connectivity index (χ2n) is 4.27. The van der Waals surface area contributed by atoms with Crippen molar-refractivity contribution in [3.8, 4) is 0 Å². The summed E-state index contributed by atoms with van der Waals surface area (Å²) in [5, 5.41) is 0. The molecule has 0 saturated heterocycles. The molecule has 6 nitrogen and oxygen atoms in total. The molecule has 106 valence electrons. The Morgan fingerprint density at radius 3 is 1.95 bits per heavy atom. The fraction of sp³-hybridized carbons (Fsp3) is 0.0625. The summed E-state index contributed by atoms with van der Waals surface area (Å²) in [6.45, 7) is 0. The van der Waals surface area contributed by atoms with E-state index in [1.165, 1.54) is 18.2 Å². The van der Waals surface area contributed by atoms with Crippen LogP contribution in [0.3, 0.4) is 0 Å². The van der Waals surface area contributed by atoms with Gasteiger partial charge in [-0.2, -0.15) is 15.0 Å². The van der Waals surface area contributed by atoms with E-state index in [2.05, 4.69) is 15.0 Å². The molecule has 0 fully saturated rings. The van der Waals surface area contributed by atoms with Crippen LogP contribution >= 0.6 is 0 Å². The molecule has 6 heteroatoms. The van der Waals surface area contributed by atoms with Gasteiger partial charge >= 0.3 is 0 Å². The lowest BCUT2D eigenvalue weighted by atomic mass is 10.0. The predicted octanol–water partition coefficient (Wildman–Crippen LogP) is 3.18. The molecule has 0 spiro atoms. The molecule has 2 aromatic carbocycles. The summed E-state index contributed by atoms with van der Waals surface area (Å²) in [5.41, 5.74) is 3.02. The zero-order valence-electron chi connectivity index (χ0n) is 11.3. The van der Waals surface area contributed by atoms with E-state index in [1.807, 2.05) is 0 Å². The maximum Gasteiger partial charge on any atom is 0.240 e. The Morgan fingerprint density at radius 1 is 0.727 bits per heavy atom. The Balaban J connectivity index is 2.37. The van der Waals surface area contributed by atoms with E-state index in [1.54, 1.807) is 42.5 Å². The van der Waals surface area contributed by atoms with Crippen LogP contribution < -0.4 is 0 Å². The molecule has 0 N–H and O–H groups in total. The van der Waals surface area contributed by atoms with Gasteiger partial charge in [0, 0.05) is 0 Å². The van der Waals surface area contributed by atoms with E-state index in [-0.39, 0.29) is 0 Å². The fourth-order valence-electron chi connectivity index (χ4n) is 1.95. The third kappa shape index (κ3) is 3.79. The summed E-state index contributed by atoms with van der Waals surface area (Å²) in [7, 11) is 0. The number of hydrogen-bond acceptors (Lipinski definition) is 6. The first-order valence-corrected chi connectivity index (χ1v) is 6.22. The van der Waals surface area contributed by atoms with Crippen LogP contribution in [-0.2, 0) is 20.8 Å². The molecule has 2 rings (SSSR count). The van der Waals surface area contributed by atoms with Gasteiger partial charge in [-0.1, -0.05) is 12.1 Å². The van der Waals surface area contributed by atoms with E-state index >= 15 is 0 Å². The van der Waals surface area contributed by atoms with Gasteiger partial charge in [0.15, 0.2) is 0 Å². The zero-order chi connectivity index (χ0) is 15.8. The lowest BCUT2D eigenvalue weighted by molar-refractivity contribution is 0.564. The third-order valence-electron chi connectivity index (χ3n) is 2.91. The number of benzene rings is 2. The Labute approximate surface area is 125 Å². The molecule has 0 unspecified atom stereocenters. The van der Waals surface area contributed by atoms with Crippen LogP contribution in [0.4, 0.5) is 17.1 Å². The normalized spacial score (nSPS) is 9.09. The van der Waals surface area contributed by atoms with Crippen molar-refractivity contribution in [1.82, 2.24) is 0 Å². The van der Waals surface area contributed by atoms with Crippen LogP contribution in [0.25, 0.3) is 0 Å². The van der Waals surface area contributed by atoms with Crippen molar-refractivity contribution in [3.63, 3.8) is 0 Å². The van der Waals surface area contributed by atoms with E-state index in [4.69, 9.17) is 0 Å². The average molecular weight is 291 g/mol. The molecule has 0 radical (unpaired) electrons. The molecule has 0 amide bonds. The van der Waals surface area contributed by atoms with Gasteiger partial charge in [-0.15, -0.1) is 0 Å². The zero-order valence-corrected chi connectivity index (χ0v) is 11.3. The fourth-order valence-corrected chi connectivity index (χ4v) is 1.95. The highest BCUT2D eigenvalue weighted by molar-refractivity contribution is 5.61. The molecule has 0 aromatic heterocycles. The molecular formula is C16H9N3O3. The Kier molecular flexibility index (Phi) is 5.03. The van der Waals surface area contributed by atoms with E-state index < -0.39 is 0 Å². The molecule has 2 aromatic rings. The first-order valence-electron chi connectivity index (χ1n) is 6.22. The standard InChI is InChI=1S/C16H9N3O3/c20-9-17-14-3-1-12(2-4-14)7-13-8-15(18-10-21)5-6-16(13)19-11-22/h1-6,8H,7H2. The van der Waals surface area contributed by atoms with Gasteiger partial charge in [0.1, 0.15) is 0 Å². The second-order valence-corrected chi connectivity index (χ2v) is 4.27. The average Bonchev–Trinajstić information content (AvgIpc) is 2.52. The van der Waals surface area contributed by atoms with Gasteiger partial charge in [0.05, 0.1) is 17.1 Å². The topological polar surface area (TPSA) is 88.3 Å². The number of carbonyl (C=O) groups excluding carboxylic acids is 3. The highest BCUT2D eigenvalue weighted by Gasteiger charge is 2.05. The van der Waals surface area contributed by atoms with Crippen LogP contribution in [0.5, 0.6) is 0 Å². The maximum atomic E-state index is 10.5. The number of nitrogens with zero attached hydrogens (tertiary/aromatic N) is 3. The van der Waals surface area contributed by atoms with Gasteiger partial charge in [-0.25, -0.2) is 14.4 Å². The minimum Gasteiger partial charge on any atom is -0.211 e. The lowest BCUT2D eigenvalue weighted by Gasteiger charge is -2.06. The first-order chi connectivity index (χ1) is 10.8. The summed E-state index contributed by atoms with van der Waals surface area (Å²) in [6, 6.07) is 11.7. The molecule has 22 heavy (non-hydrogen) atoms. The SMILES string of the molecule is O=C=Nc1ccc(Cc2cc(N=C=O)ccc2N=C=O)cc1. The Morgan fingerprint density at radius 2 is 1.32 bits per heavy atom.